The summed E-state index contributed by atoms with van der Waals surface area (Å²) in [6, 6.07) is 19.7. The Kier molecular flexibility index (Phi) is 3.01. The number of fused-ring (bicyclic) bond motifs is 2. The summed E-state index contributed by atoms with van der Waals surface area (Å²) in [6.45, 7) is 2.12. The van der Waals surface area contributed by atoms with Crippen molar-refractivity contribution in [3.63, 3.8) is 0 Å². The van der Waals surface area contributed by atoms with Crippen molar-refractivity contribution >= 4 is 21.6 Å². The number of hydrogen-bond donors (Lipinski definition) is 0. The molecule has 1 aliphatic heterocycles. The van der Waals surface area contributed by atoms with Crippen LogP contribution in [0.1, 0.15) is 5.56 Å². The topological polar surface area (TPSA) is 30.0 Å². The maximum Gasteiger partial charge on any atom is 0.180 e. The highest BCUT2D eigenvalue weighted by atomic mass is 32.1. The van der Waals surface area contributed by atoms with Crippen molar-refractivity contribution in [1.82, 2.24) is 4.98 Å². The fourth-order valence-corrected chi connectivity index (χ4v) is 3.70. The Hall–Kier alpha value is -2.52. The van der Waals surface area contributed by atoms with Gasteiger partial charge >= 0.3 is 0 Å². The molecule has 2 aromatic carbocycles. The lowest BCUT2D eigenvalue weighted by Crippen LogP contribution is -1.98. The minimum Gasteiger partial charge on any atom is -0.290 e. The molecule has 0 spiro atoms. The van der Waals surface area contributed by atoms with E-state index in [-0.39, 0.29) is 5.43 Å². The summed E-state index contributed by atoms with van der Waals surface area (Å²) in [4.78, 5) is 17.1. The SMILES string of the molecule is Cc1ccccc1-c1ccc2nc3ccc(=O)cc-3sc2c1. The fraction of sp³-hybridized carbons (Fsp3) is 0.0526. The molecule has 2 aromatic rings. The van der Waals surface area contributed by atoms with Crippen LogP contribution >= 0.6 is 11.3 Å². The Morgan fingerprint density at radius 2 is 1.82 bits per heavy atom. The van der Waals surface area contributed by atoms with Gasteiger partial charge in [0.25, 0.3) is 0 Å². The Balaban J connectivity index is 1.98. The highest BCUT2D eigenvalue weighted by Gasteiger charge is 2.09. The zero-order valence-electron chi connectivity index (χ0n) is 12.0. The Bertz CT molecular complexity index is 1020. The molecule has 4 rings (SSSR count). The molecule has 0 radical (unpaired) electrons. The van der Waals surface area contributed by atoms with Crippen molar-refractivity contribution in [3.05, 3.63) is 76.5 Å². The summed E-state index contributed by atoms with van der Waals surface area (Å²) < 4.78 is 1.10. The number of rotatable bonds is 1. The third-order valence-corrected chi connectivity index (χ3v) is 4.90. The molecule has 0 N–H and O–H groups in total. The van der Waals surface area contributed by atoms with Crippen molar-refractivity contribution in [2.24, 2.45) is 0 Å². The lowest BCUT2D eigenvalue weighted by Gasteiger charge is -2.09. The van der Waals surface area contributed by atoms with Crippen LogP contribution in [0.3, 0.4) is 0 Å². The van der Waals surface area contributed by atoms with E-state index in [0.717, 1.165) is 20.8 Å². The van der Waals surface area contributed by atoms with Crippen LogP contribution in [-0.2, 0) is 0 Å². The molecule has 0 fully saturated rings. The van der Waals surface area contributed by atoms with Gasteiger partial charge in [-0.15, -0.1) is 11.3 Å². The van der Waals surface area contributed by atoms with Gasteiger partial charge in [0.1, 0.15) is 0 Å². The Morgan fingerprint density at radius 3 is 2.68 bits per heavy atom. The average Bonchev–Trinajstić information content (AvgIpc) is 2.53. The molecular weight excluding hydrogens is 290 g/mol. The second-order valence-electron chi connectivity index (χ2n) is 5.34. The van der Waals surface area contributed by atoms with E-state index in [9.17, 15) is 4.79 Å². The molecule has 0 bridgehead atoms. The molecule has 0 aromatic heterocycles. The van der Waals surface area contributed by atoms with Crippen LogP contribution in [0, 0.1) is 6.92 Å². The fourth-order valence-electron chi connectivity index (χ4n) is 2.67. The first-order chi connectivity index (χ1) is 10.7. The lowest BCUT2D eigenvalue weighted by atomic mass is 10.0. The number of hydrogen-bond acceptors (Lipinski definition) is 3. The zero-order valence-corrected chi connectivity index (χ0v) is 12.9. The summed E-state index contributed by atoms with van der Waals surface area (Å²) in [6.07, 6.45) is 0. The first kappa shape index (κ1) is 13.2. The highest BCUT2D eigenvalue weighted by Crippen LogP contribution is 2.33. The first-order valence-corrected chi connectivity index (χ1v) is 7.93. The minimum absolute atomic E-state index is 0.0277. The van der Waals surface area contributed by atoms with Gasteiger partial charge < -0.3 is 0 Å². The maximum atomic E-state index is 11.5. The average molecular weight is 303 g/mol. The van der Waals surface area contributed by atoms with E-state index in [1.165, 1.54) is 16.7 Å². The molecule has 22 heavy (non-hydrogen) atoms. The molecule has 106 valence electrons. The molecule has 2 aliphatic rings. The minimum atomic E-state index is 0.0277. The summed E-state index contributed by atoms with van der Waals surface area (Å²) in [5.41, 5.74) is 5.53. The van der Waals surface area contributed by atoms with Crippen molar-refractivity contribution in [3.8, 4) is 21.7 Å². The second kappa shape index (κ2) is 5.04. The van der Waals surface area contributed by atoms with Crippen molar-refractivity contribution in [1.29, 1.82) is 0 Å². The normalized spacial score (nSPS) is 11.1. The summed E-state index contributed by atoms with van der Waals surface area (Å²) in [7, 11) is 0. The monoisotopic (exact) mass is 303 g/mol. The molecule has 0 amide bonds. The van der Waals surface area contributed by atoms with Crippen LogP contribution in [0.4, 0.5) is 0 Å². The summed E-state index contributed by atoms with van der Waals surface area (Å²) >= 11 is 1.62. The van der Waals surface area contributed by atoms with E-state index in [1.807, 2.05) is 6.07 Å². The van der Waals surface area contributed by atoms with E-state index in [0.29, 0.717) is 0 Å². The van der Waals surface area contributed by atoms with E-state index < -0.39 is 0 Å². The van der Waals surface area contributed by atoms with Crippen LogP contribution in [0.25, 0.3) is 31.9 Å². The van der Waals surface area contributed by atoms with Crippen molar-refractivity contribution < 1.29 is 0 Å². The van der Waals surface area contributed by atoms with Crippen LogP contribution in [0.2, 0.25) is 0 Å². The van der Waals surface area contributed by atoms with Crippen LogP contribution in [0.15, 0.2) is 65.5 Å². The predicted molar refractivity (Wildman–Crippen MR) is 92.7 cm³/mol. The number of aromatic nitrogens is 1. The predicted octanol–water partition coefficient (Wildman–Crippen LogP) is 4.74. The van der Waals surface area contributed by atoms with Gasteiger partial charge in [-0.25, -0.2) is 4.98 Å². The first-order valence-electron chi connectivity index (χ1n) is 7.11. The van der Waals surface area contributed by atoms with Crippen LogP contribution in [-0.4, -0.2) is 4.98 Å². The van der Waals surface area contributed by atoms with Gasteiger partial charge in [-0.3, -0.25) is 4.79 Å². The maximum absolute atomic E-state index is 11.5. The van der Waals surface area contributed by atoms with Crippen molar-refractivity contribution in [2.45, 2.75) is 6.92 Å². The van der Waals surface area contributed by atoms with Gasteiger partial charge in [0.2, 0.25) is 0 Å². The van der Waals surface area contributed by atoms with Gasteiger partial charge in [0.05, 0.1) is 20.8 Å². The summed E-state index contributed by atoms with van der Waals surface area (Å²) in [5, 5.41) is 0. The molecule has 1 heterocycles. The van der Waals surface area contributed by atoms with Gasteiger partial charge in [0, 0.05) is 6.07 Å². The number of nitrogens with zero attached hydrogens (tertiary/aromatic N) is 1. The standard InChI is InChI=1S/C19H13NOS/c1-12-4-2-3-5-15(12)13-6-8-16-18(10-13)22-19-11-14(21)7-9-17(19)20-16/h2-11H,1H3. The number of aryl methyl sites for hydroxylation is 1. The smallest absolute Gasteiger partial charge is 0.180 e. The molecular formula is C19H13NOS. The second-order valence-corrected chi connectivity index (χ2v) is 6.42. The van der Waals surface area contributed by atoms with Gasteiger partial charge in [-0.05, 0) is 47.9 Å². The van der Waals surface area contributed by atoms with E-state index >= 15 is 0 Å². The van der Waals surface area contributed by atoms with Gasteiger partial charge in [-0.2, -0.15) is 0 Å². The van der Waals surface area contributed by atoms with E-state index in [2.05, 4.69) is 48.3 Å². The largest absolute Gasteiger partial charge is 0.290 e. The molecule has 0 saturated heterocycles. The molecule has 3 heteroatoms. The lowest BCUT2D eigenvalue weighted by molar-refractivity contribution is 1.40. The third kappa shape index (κ3) is 2.20. The van der Waals surface area contributed by atoms with E-state index in [4.69, 9.17) is 0 Å². The molecule has 0 unspecified atom stereocenters. The Labute approximate surface area is 132 Å². The van der Waals surface area contributed by atoms with Gasteiger partial charge in [-0.1, -0.05) is 30.3 Å². The zero-order chi connectivity index (χ0) is 15.1. The molecule has 0 saturated carbocycles. The molecule has 1 aliphatic carbocycles. The Morgan fingerprint density at radius 1 is 0.955 bits per heavy atom. The highest BCUT2D eigenvalue weighted by molar-refractivity contribution is 7.21. The number of benzene rings is 3. The molecule has 0 atom stereocenters. The van der Waals surface area contributed by atoms with Crippen molar-refractivity contribution in [2.75, 3.05) is 0 Å². The van der Waals surface area contributed by atoms with Crippen LogP contribution < -0.4 is 5.43 Å². The third-order valence-electron chi connectivity index (χ3n) is 3.81. The molecule has 2 nitrogen and oxygen atoms in total. The summed E-state index contributed by atoms with van der Waals surface area (Å²) in [5.74, 6) is 0. The quantitative estimate of drug-likeness (QED) is 0.476. The van der Waals surface area contributed by atoms with Gasteiger partial charge in [0.15, 0.2) is 5.43 Å². The van der Waals surface area contributed by atoms with Crippen LogP contribution in [0.5, 0.6) is 0 Å². The van der Waals surface area contributed by atoms with E-state index in [1.54, 1.807) is 29.5 Å².